The van der Waals surface area contributed by atoms with Gasteiger partial charge in [-0.3, -0.25) is 24.0 Å². The number of benzene rings is 1. The molecule has 2 heterocycles. The van der Waals surface area contributed by atoms with E-state index in [9.17, 15) is 24.0 Å². The van der Waals surface area contributed by atoms with E-state index in [4.69, 9.17) is 4.74 Å². The first-order chi connectivity index (χ1) is 23.6. The van der Waals surface area contributed by atoms with Crippen molar-refractivity contribution in [1.82, 2.24) is 25.1 Å². The fourth-order valence-electron chi connectivity index (χ4n) is 5.96. The second kappa shape index (κ2) is 18.6. The molecule has 0 aliphatic rings. The SMILES string of the molecule is CC[C@H](C)[C@H](NC(=O)c1cccn1C)C(=O)N(C)[C@H](C[C@@H](OC(C)=O)c1nc(C(=O)N[C@@H](Cc2ccccc2)C[C@H](C)C(C)=O)cs1)C(C)C. The zero-order chi connectivity index (χ0) is 37.1. The predicted molar refractivity (Wildman–Crippen MR) is 195 cm³/mol. The molecule has 0 fully saturated rings. The van der Waals surface area contributed by atoms with E-state index in [2.05, 4.69) is 15.6 Å². The Labute approximate surface area is 300 Å². The van der Waals surface area contributed by atoms with Crippen molar-refractivity contribution in [3.05, 3.63) is 76.0 Å². The molecule has 0 bridgehead atoms. The lowest BCUT2D eigenvalue weighted by atomic mass is 9.93. The Morgan fingerprint density at radius 2 is 1.62 bits per heavy atom. The number of thiazole rings is 1. The molecule has 12 heteroatoms. The second-order valence-electron chi connectivity index (χ2n) is 13.6. The Hall–Kier alpha value is -4.32. The summed E-state index contributed by atoms with van der Waals surface area (Å²) < 4.78 is 7.47. The molecule has 2 aromatic heterocycles. The number of ether oxygens (including phenoxy) is 1. The van der Waals surface area contributed by atoms with Crippen molar-refractivity contribution in [1.29, 1.82) is 0 Å². The monoisotopic (exact) mass is 707 g/mol. The van der Waals surface area contributed by atoms with Gasteiger partial charge in [-0.25, -0.2) is 4.98 Å². The van der Waals surface area contributed by atoms with Crippen LogP contribution in [0.5, 0.6) is 0 Å². The Morgan fingerprint density at radius 1 is 0.940 bits per heavy atom. The van der Waals surface area contributed by atoms with E-state index in [1.807, 2.05) is 65.0 Å². The van der Waals surface area contributed by atoms with E-state index in [-0.39, 0.29) is 59.4 Å². The third kappa shape index (κ3) is 11.1. The number of amides is 3. The van der Waals surface area contributed by atoms with Crippen molar-refractivity contribution in [2.24, 2.45) is 24.8 Å². The molecule has 3 aromatic rings. The molecule has 0 saturated carbocycles. The van der Waals surface area contributed by atoms with E-state index in [1.165, 1.54) is 18.3 Å². The molecule has 50 heavy (non-hydrogen) atoms. The van der Waals surface area contributed by atoms with E-state index in [0.717, 1.165) is 5.56 Å². The first-order valence-corrected chi connectivity index (χ1v) is 18.2. The molecule has 1 aromatic carbocycles. The Morgan fingerprint density at radius 3 is 2.18 bits per heavy atom. The minimum atomic E-state index is -0.820. The number of Topliss-reactive ketones (excluding diaryl/α,β-unsaturated/α-hetero) is 1. The van der Waals surface area contributed by atoms with Gasteiger partial charge in [-0.15, -0.1) is 11.3 Å². The molecule has 3 rings (SSSR count). The van der Waals surface area contributed by atoms with Gasteiger partial charge in [0.15, 0.2) is 6.10 Å². The predicted octanol–water partition coefficient (Wildman–Crippen LogP) is 5.76. The highest BCUT2D eigenvalue weighted by Gasteiger charge is 2.36. The van der Waals surface area contributed by atoms with Crippen LogP contribution < -0.4 is 10.6 Å². The third-order valence-electron chi connectivity index (χ3n) is 9.34. The topological polar surface area (TPSA) is 140 Å². The molecule has 11 nitrogen and oxygen atoms in total. The summed E-state index contributed by atoms with van der Waals surface area (Å²) >= 11 is 1.21. The van der Waals surface area contributed by atoms with E-state index < -0.39 is 24.2 Å². The highest BCUT2D eigenvalue weighted by Crippen LogP contribution is 2.31. The molecule has 272 valence electrons. The lowest BCUT2D eigenvalue weighted by Crippen LogP contribution is -2.54. The summed E-state index contributed by atoms with van der Waals surface area (Å²) in [6.07, 6.45) is 2.89. The van der Waals surface area contributed by atoms with Gasteiger partial charge >= 0.3 is 5.97 Å². The maximum absolute atomic E-state index is 14.1. The summed E-state index contributed by atoms with van der Waals surface area (Å²) in [7, 11) is 3.48. The van der Waals surface area contributed by atoms with Crippen molar-refractivity contribution >= 4 is 40.8 Å². The zero-order valence-corrected chi connectivity index (χ0v) is 31.6. The number of esters is 1. The van der Waals surface area contributed by atoms with Crippen LogP contribution in [-0.2, 0) is 32.6 Å². The zero-order valence-electron chi connectivity index (χ0n) is 30.8. The largest absolute Gasteiger partial charge is 0.455 e. The fraction of sp³-hybridized carbons (Fsp3) is 0.526. The van der Waals surface area contributed by atoms with Gasteiger partial charge in [0.05, 0.1) is 0 Å². The minimum Gasteiger partial charge on any atom is -0.455 e. The number of hydrogen-bond donors (Lipinski definition) is 2. The van der Waals surface area contributed by atoms with Crippen LogP contribution in [0, 0.1) is 17.8 Å². The number of nitrogens with zero attached hydrogens (tertiary/aromatic N) is 3. The van der Waals surface area contributed by atoms with Crippen molar-refractivity contribution in [2.45, 2.75) is 98.4 Å². The number of carbonyl (C=O) groups is 5. The standard InChI is InChI=1S/C38H53N5O6S/c1-10-24(4)34(41-36(47)31-17-14-18-42(31)8)38(48)43(9)32(23(2)3)21-33(49-27(7)45)37-40-30(22-50-37)35(46)39-29(19-25(5)26(6)44)20-28-15-12-11-13-16-28/h11-18,22-25,29,32-34H,10,19-21H2,1-9H3,(H,39,46)(H,41,47)/t24-,25-,29+,32+,33+,34-/m0/s1. The van der Waals surface area contributed by atoms with Gasteiger partial charge in [0.2, 0.25) is 5.91 Å². The molecule has 6 atom stereocenters. The average molecular weight is 708 g/mol. The highest BCUT2D eigenvalue weighted by atomic mass is 32.1. The molecular formula is C38H53N5O6S. The van der Waals surface area contributed by atoms with Crippen LogP contribution in [-0.4, -0.2) is 69.1 Å². The molecule has 3 amide bonds. The van der Waals surface area contributed by atoms with E-state index in [0.29, 0.717) is 30.0 Å². The van der Waals surface area contributed by atoms with Crippen LogP contribution in [0.1, 0.15) is 105 Å². The smallest absolute Gasteiger partial charge is 0.303 e. The first kappa shape index (κ1) is 40.1. The van der Waals surface area contributed by atoms with Gasteiger partial charge in [-0.2, -0.15) is 0 Å². The van der Waals surface area contributed by atoms with Crippen LogP contribution in [0.15, 0.2) is 54.0 Å². The van der Waals surface area contributed by atoms with Crippen LogP contribution in [0.25, 0.3) is 0 Å². The Bertz CT molecular complexity index is 1600. The number of carbonyl (C=O) groups excluding carboxylic acids is 5. The van der Waals surface area contributed by atoms with Crippen LogP contribution in [0.2, 0.25) is 0 Å². The lowest BCUT2D eigenvalue weighted by molar-refractivity contribution is -0.148. The summed E-state index contributed by atoms with van der Waals surface area (Å²) in [5.41, 5.74) is 1.67. The number of aryl methyl sites for hydroxylation is 1. The van der Waals surface area contributed by atoms with Gasteiger partial charge in [-0.05, 0) is 49.3 Å². The summed E-state index contributed by atoms with van der Waals surface area (Å²) in [6.45, 7) is 12.6. The fourth-order valence-corrected chi connectivity index (χ4v) is 6.80. The van der Waals surface area contributed by atoms with Crippen molar-refractivity contribution in [3.63, 3.8) is 0 Å². The molecule has 0 spiro atoms. The Balaban J connectivity index is 1.82. The number of aromatic nitrogens is 2. The van der Waals surface area contributed by atoms with Crippen molar-refractivity contribution < 1.29 is 28.7 Å². The number of rotatable bonds is 18. The van der Waals surface area contributed by atoms with Gasteiger partial charge in [0.25, 0.3) is 11.8 Å². The average Bonchev–Trinajstić information content (AvgIpc) is 3.74. The summed E-state index contributed by atoms with van der Waals surface area (Å²) in [5, 5.41) is 8.09. The van der Waals surface area contributed by atoms with Crippen molar-refractivity contribution in [2.75, 3.05) is 7.05 Å². The van der Waals surface area contributed by atoms with E-state index in [1.54, 1.807) is 54.2 Å². The minimum absolute atomic E-state index is 0.0482. The number of ketones is 1. The van der Waals surface area contributed by atoms with Gasteiger partial charge in [-0.1, -0.05) is 71.4 Å². The number of hydrogen-bond acceptors (Lipinski definition) is 8. The van der Waals surface area contributed by atoms with Crippen LogP contribution >= 0.6 is 11.3 Å². The Kier molecular flexibility index (Phi) is 14.9. The number of likely N-dealkylation sites (N-methyl/N-ethyl adjacent to an activating group) is 1. The second-order valence-corrected chi connectivity index (χ2v) is 14.5. The summed E-state index contributed by atoms with van der Waals surface area (Å²) in [6, 6.07) is 11.8. The maximum Gasteiger partial charge on any atom is 0.303 e. The van der Waals surface area contributed by atoms with Crippen LogP contribution in [0.4, 0.5) is 0 Å². The highest BCUT2D eigenvalue weighted by molar-refractivity contribution is 7.09. The van der Waals surface area contributed by atoms with E-state index >= 15 is 0 Å². The van der Waals surface area contributed by atoms with Gasteiger partial charge in [0.1, 0.15) is 28.2 Å². The molecular weight excluding hydrogens is 655 g/mol. The van der Waals surface area contributed by atoms with Crippen molar-refractivity contribution in [3.8, 4) is 0 Å². The molecule has 0 aliphatic carbocycles. The molecule has 0 unspecified atom stereocenters. The molecule has 0 saturated heterocycles. The summed E-state index contributed by atoms with van der Waals surface area (Å²) in [4.78, 5) is 71.3. The van der Waals surface area contributed by atoms with Gasteiger partial charge in [0, 0.05) is 57.0 Å². The third-order valence-corrected chi connectivity index (χ3v) is 10.3. The summed E-state index contributed by atoms with van der Waals surface area (Å²) in [5.74, 6) is -1.85. The molecule has 2 N–H and O–H groups in total. The normalized spacial score (nSPS) is 14.9. The van der Waals surface area contributed by atoms with Crippen LogP contribution in [0.3, 0.4) is 0 Å². The lowest BCUT2D eigenvalue weighted by Gasteiger charge is -2.37. The maximum atomic E-state index is 14.1. The quantitative estimate of drug-likeness (QED) is 0.160. The van der Waals surface area contributed by atoms with Gasteiger partial charge < -0.3 is 24.8 Å². The first-order valence-electron chi connectivity index (χ1n) is 17.3. The number of nitrogens with one attached hydrogen (secondary N) is 2. The molecule has 0 aliphatic heterocycles. The molecule has 0 radical (unpaired) electrons.